The van der Waals surface area contributed by atoms with Crippen LogP contribution < -0.4 is 5.32 Å². The van der Waals surface area contributed by atoms with Gasteiger partial charge in [-0.1, -0.05) is 6.07 Å². The van der Waals surface area contributed by atoms with Gasteiger partial charge in [0.2, 0.25) is 5.91 Å². The van der Waals surface area contributed by atoms with E-state index >= 15 is 0 Å². The van der Waals surface area contributed by atoms with E-state index in [9.17, 15) is 9.59 Å². The van der Waals surface area contributed by atoms with E-state index in [0.29, 0.717) is 29.9 Å². The molecule has 0 radical (unpaired) electrons. The van der Waals surface area contributed by atoms with Crippen molar-refractivity contribution in [2.75, 3.05) is 25.5 Å². The molecule has 4 rings (SSSR count). The maximum Gasteiger partial charge on any atom is 0.253 e. The summed E-state index contributed by atoms with van der Waals surface area (Å²) in [6.07, 6.45) is 8.66. The van der Waals surface area contributed by atoms with E-state index in [0.717, 1.165) is 43.5 Å². The van der Waals surface area contributed by atoms with Crippen molar-refractivity contribution in [1.29, 1.82) is 0 Å². The maximum absolute atomic E-state index is 13.1. The molecule has 8 nitrogen and oxygen atoms in total. The lowest BCUT2D eigenvalue weighted by molar-refractivity contribution is -0.114. The Labute approximate surface area is 194 Å². The Morgan fingerprint density at radius 2 is 2.12 bits per heavy atom. The minimum atomic E-state index is -0.193. The molecule has 1 atom stereocenters. The fraction of sp³-hybridized carbons (Fsp3) is 0.440. The molecule has 8 heteroatoms. The molecule has 2 amide bonds. The van der Waals surface area contributed by atoms with Crippen molar-refractivity contribution in [3.8, 4) is 0 Å². The zero-order chi connectivity index (χ0) is 23.2. The first-order chi connectivity index (χ1) is 16.0. The molecule has 3 aromatic rings. The monoisotopic (exact) mass is 449 g/mol. The predicted octanol–water partition coefficient (Wildman–Crippen LogP) is 3.66. The number of rotatable bonds is 8. The average Bonchev–Trinajstić information content (AvgIpc) is 3.25. The van der Waals surface area contributed by atoms with Crippen LogP contribution in [0, 0.1) is 0 Å². The van der Waals surface area contributed by atoms with Gasteiger partial charge in [-0.25, -0.2) is 4.98 Å². The summed E-state index contributed by atoms with van der Waals surface area (Å²) in [5, 5.41) is 2.88. The molecule has 1 aromatic carbocycles. The molecule has 1 N–H and O–H groups in total. The molecule has 0 spiro atoms. The number of hydrogen-bond donors (Lipinski definition) is 1. The summed E-state index contributed by atoms with van der Waals surface area (Å²) in [5.41, 5.74) is 3.56. The Hall–Kier alpha value is -3.26. The van der Waals surface area contributed by atoms with Crippen LogP contribution in [-0.2, 0) is 22.5 Å². The van der Waals surface area contributed by atoms with Crippen LogP contribution in [0.3, 0.4) is 0 Å². The van der Waals surface area contributed by atoms with Crippen molar-refractivity contribution in [1.82, 2.24) is 19.4 Å². The summed E-state index contributed by atoms with van der Waals surface area (Å²) in [5.74, 6) is -0.288. The summed E-state index contributed by atoms with van der Waals surface area (Å²) >= 11 is 0. The number of carbonyl (C=O) groups excluding carboxylic acids is 2. The Morgan fingerprint density at radius 1 is 1.24 bits per heavy atom. The molecule has 33 heavy (non-hydrogen) atoms. The average molecular weight is 450 g/mol. The van der Waals surface area contributed by atoms with Crippen molar-refractivity contribution in [3.05, 3.63) is 54.1 Å². The van der Waals surface area contributed by atoms with Gasteiger partial charge in [-0.3, -0.25) is 14.6 Å². The number of amides is 2. The van der Waals surface area contributed by atoms with Crippen molar-refractivity contribution in [2.24, 2.45) is 0 Å². The highest BCUT2D eigenvalue weighted by atomic mass is 16.5. The first-order valence-corrected chi connectivity index (χ1v) is 11.5. The van der Waals surface area contributed by atoms with Gasteiger partial charge in [-0.2, -0.15) is 0 Å². The fourth-order valence-corrected chi connectivity index (χ4v) is 4.26. The number of hydrogen-bond acceptors (Lipinski definition) is 5. The van der Waals surface area contributed by atoms with Crippen molar-refractivity contribution in [3.63, 3.8) is 0 Å². The molecule has 1 fully saturated rings. The van der Waals surface area contributed by atoms with Crippen LogP contribution >= 0.6 is 0 Å². The third-order valence-electron chi connectivity index (χ3n) is 6.01. The Kier molecular flexibility index (Phi) is 7.34. The smallest absolute Gasteiger partial charge is 0.253 e. The van der Waals surface area contributed by atoms with Gasteiger partial charge in [0.25, 0.3) is 5.91 Å². The van der Waals surface area contributed by atoms with Crippen molar-refractivity contribution >= 4 is 28.5 Å². The third kappa shape index (κ3) is 5.76. The molecule has 1 aliphatic rings. The number of aryl methyl sites for hydroxylation is 2. The van der Waals surface area contributed by atoms with E-state index in [1.807, 2.05) is 22.8 Å². The predicted molar refractivity (Wildman–Crippen MR) is 127 cm³/mol. The van der Waals surface area contributed by atoms with Crippen LogP contribution in [0.15, 0.2) is 42.9 Å². The van der Waals surface area contributed by atoms with Gasteiger partial charge >= 0.3 is 0 Å². The SMILES string of the molecule is CC(=O)Nc1cc(C(=O)N(C)CC[C@@H]2CCCCO2)cc2ncn(CCc3ccccn3)c12. The van der Waals surface area contributed by atoms with Gasteiger partial charge in [0.05, 0.1) is 29.2 Å². The van der Waals surface area contributed by atoms with E-state index in [4.69, 9.17) is 4.74 Å². The quantitative estimate of drug-likeness (QED) is 0.567. The molecule has 0 bridgehead atoms. The minimum Gasteiger partial charge on any atom is -0.378 e. The van der Waals surface area contributed by atoms with Crippen LogP contribution in [0.1, 0.15) is 48.7 Å². The molecule has 1 saturated heterocycles. The number of nitrogens with zero attached hydrogens (tertiary/aromatic N) is 4. The first kappa shape index (κ1) is 22.9. The number of carbonyl (C=O) groups is 2. The second-order valence-corrected chi connectivity index (χ2v) is 8.59. The highest BCUT2D eigenvalue weighted by Gasteiger charge is 2.20. The zero-order valence-corrected chi connectivity index (χ0v) is 19.3. The van der Waals surface area contributed by atoms with Crippen LogP contribution in [0.4, 0.5) is 5.69 Å². The zero-order valence-electron chi connectivity index (χ0n) is 19.3. The molecular formula is C25H31N5O3. The van der Waals surface area contributed by atoms with Crippen LogP contribution in [0.2, 0.25) is 0 Å². The lowest BCUT2D eigenvalue weighted by Gasteiger charge is -2.25. The van der Waals surface area contributed by atoms with E-state index in [1.165, 1.54) is 13.3 Å². The second kappa shape index (κ2) is 10.6. The van der Waals surface area contributed by atoms with E-state index in [-0.39, 0.29) is 17.9 Å². The summed E-state index contributed by atoms with van der Waals surface area (Å²) < 4.78 is 7.78. The standard InChI is InChI=1S/C25H31N5O3/c1-18(31)28-23-16-19(25(32)29(2)12-10-21-8-4-6-14-33-21)15-22-24(23)30(17-27-22)13-9-20-7-3-5-11-26-20/h3,5,7,11,15-17,21H,4,6,8-10,12-14H2,1-2H3,(H,28,31)/t21-/m0/s1. The van der Waals surface area contributed by atoms with Crippen molar-refractivity contribution < 1.29 is 14.3 Å². The molecule has 0 unspecified atom stereocenters. The number of pyridine rings is 1. The van der Waals surface area contributed by atoms with Gasteiger partial charge < -0.3 is 19.5 Å². The Morgan fingerprint density at radius 3 is 2.85 bits per heavy atom. The number of ether oxygens (including phenoxy) is 1. The number of fused-ring (bicyclic) bond motifs is 1. The molecule has 174 valence electrons. The van der Waals surface area contributed by atoms with E-state index in [1.54, 1.807) is 36.6 Å². The number of imidazole rings is 1. The second-order valence-electron chi connectivity index (χ2n) is 8.59. The molecule has 0 aliphatic carbocycles. The van der Waals surface area contributed by atoms with E-state index in [2.05, 4.69) is 15.3 Å². The number of aromatic nitrogens is 3. The number of benzene rings is 1. The third-order valence-corrected chi connectivity index (χ3v) is 6.01. The molecule has 2 aromatic heterocycles. The van der Waals surface area contributed by atoms with Crippen LogP contribution in [-0.4, -0.2) is 57.6 Å². The number of anilines is 1. The minimum absolute atomic E-state index is 0.0950. The van der Waals surface area contributed by atoms with E-state index < -0.39 is 0 Å². The largest absolute Gasteiger partial charge is 0.378 e. The summed E-state index contributed by atoms with van der Waals surface area (Å²) in [7, 11) is 1.80. The maximum atomic E-state index is 13.1. The highest BCUT2D eigenvalue weighted by molar-refractivity contribution is 6.04. The molecule has 3 heterocycles. The van der Waals surface area contributed by atoms with Crippen molar-refractivity contribution in [2.45, 2.75) is 51.7 Å². The Balaban J connectivity index is 1.53. The molecular weight excluding hydrogens is 418 g/mol. The summed E-state index contributed by atoms with van der Waals surface area (Å²) in [6, 6.07) is 9.39. The lowest BCUT2D eigenvalue weighted by Crippen LogP contribution is -2.31. The van der Waals surface area contributed by atoms with Crippen LogP contribution in [0.5, 0.6) is 0 Å². The summed E-state index contributed by atoms with van der Waals surface area (Å²) in [4.78, 5) is 35.7. The Bertz CT molecular complexity index is 1110. The summed E-state index contributed by atoms with van der Waals surface area (Å²) in [6.45, 7) is 3.55. The molecule has 0 saturated carbocycles. The fourth-order valence-electron chi connectivity index (χ4n) is 4.26. The number of nitrogens with one attached hydrogen (secondary N) is 1. The highest BCUT2D eigenvalue weighted by Crippen LogP contribution is 2.26. The van der Waals surface area contributed by atoms with Crippen LogP contribution in [0.25, 0.3) is 11.0 Å². The topological polar surface area (TPSA) is 89.4 Å². The lowest BCUT2D eigenvalue weighted by atomic mass is 10.1. The van der Waals surface area contributed by atoms with Gasteiger partial charge in [-0.15, -0.1) is 0 Å². The molecule has 1 aliphatic heterocycles. The normalized spacial score (nSPS) is 16.0. The van der Waals surface area contributed by atoms with Gasteiger partial charge in [0.1, 0.15) is 0 Å². The van der Waals surface area contributed by atoms with Gasteiger partial charge in [-0.05, 0) is 49.9 Å². The van der Waals surface area contributed by atoms with Gasteiger partial charge in [0.15, 0.2) is 0 Å². The van der Waals surface area contributed by atoms with Gasteiger partial charge in [0, 0.05) is 57.5 Å². The first-order valence-electron chi connectivity index (χ1n) is 11.5.